The first-order valence-electron chi connectivity index (χ1n) is 12.2. The van der Waals surface area contributed by atoms with Gasteiger partial charge in [-0.05, 0) is 74.1 Å². The molecule has 196 valence electrons. The van der Waals surface area contributed by atoms with Gasteiger partial charge in [0.05, 0.1) is 12.7 Å². The van der Waals surface area contributed by atoms with E-state index in [1.54, 1.807) is 19.4 Å². The van der Waals surface area contributed by atoms with Crippen LogP contribution in [0.5, 0.6) is 5.75 Å². The second-order valence-corrected chi connectivity index (χ2v) is 11.7. The summed E-state index contributed by atoms with van der Waals surface area (Å²) in [6.07, 6.45) is 3.43. The van der Waals surface area contributed by atoms with Gasteiger partial charge in [-0.1, -0.05) is 26.0 Å². The Balaban J connectivity index is 1.82. The molecule has 1 fully saturated rings. The number of rotatable bonds is 7. The Hall–Kier alpha value is -3.66. The van der Waals surface area contributed by atoms with Crippen molar-refractivity contribution in [3.05, 3.63) is 59.8 Å². The van der Waals surface area contributed by atoms with Gasteiger partial charge in [0.25, 0.3) is 15.9 Å². The Kier molecular flexibility index (Phi) is 7.14. The van der Waals surface area contributed by atoms with Crippen LogP contribution < -0.4 is 20.1 Å². The highest BCUT2D eigenvalue weighted by Gasteiger charge is 2.39. The van der Waals surface area contributed by atoms with Gasteiger partial charge in [-0.2, -0.15) is 8.42 Å². The van der Waals surface area contributed by atoms with Crippen LogP contribution in [0.4, 0.5) is 11.6 Å². The summed E-state index contributed by atoms with van der Waals surface area (Å²) >= 11 is 0. The smallest absolute Gasteiger partial charge is 0.281 e. The Morgan fingerprint density at radius 2 is 1.97 bits per heavy atom. The monoisotopic (exact) mass is 523 g/mol. The summed E-state index contributed by atoms with van der Waals surface area (Å²) in [6.45, 7) is 9.08. The van der Waals surface area contributed by atoms with Crippen molar-refractivity contribution in [1.82, 2.24) is 14.7 Å². The molecular formula is C27H33N5O4S. The van der Waals surface area contributed by atoms with E-state index in [4.69, 9.17) is 15.5 Å². The molecule has 1 aromatic carbocycles. The molecule has 1 aliphatic rings. The van der Waals surface area contributed by atoms with Crippen LogP contribution in [-0.4, -0.2) is 43.5 Å². The molecule has 1 aliphatic heterocycles. The van der Waals surface area contributed by atoms with Crippen molar-refractivity contribution in [2.45, 2.75) is 51.1 Å². The van der Waals surface area contributed by atoms with Crippen LogP contribution in [0.1, 0.15) is 50.0 Å². The van der Waals surface area contributed by atoms with Crippen LogP contribution in [0, 0.1) is 5.92 Å². The van der Waals surface area contributed by atoms with Gasteiger partial charge in [0, 0.05) is 23.8 Å². The van der Waals surface area contributed by atoms with E-state index in [-0.39, 0.29) is 21.9 Å². The molecular weight excluding hydrogens is 490 g/mol. The number of hydrogen-bond donors (Lipinski definition) is 2. The van der Waals surface area contributed by atoms with Crippen molar-refractivity contribution in [2.75, 3.05) is 24.3 Å². The minimum atomic E-state index is -4.27. The molecule has 0 bridgehead atoms. The zero-order valence-electron chi connectivity index (χ0n) is 21.8. The number of sulfonamides is 1. The van der Waals surface area contributed by atoms with Crippen LogP contribution in [0.3, 0.4) is 0 Å². The highest BCUT2D eigenvalue weighted by atomic mass is 32.2. The van der Waals surface area contributed by atoms with Crippen molar-refractivity contribution in [2.24, 2.45) is 5.92 Å². The largest absolute Gasteiger partial charge is 0.497 e. The van der Waals surface area contributed by atoms with Crippen LogP contribution >= 0.6 is 0 Å². The lowest BCUT2D eigenvalue weighted by Crippen LogP contribution is -2.41. The molecule has 0 aliphatic carbocycles. The lowest BCUT2D eigenvalue weighted by Gasteiger charge is -2.33. The number of nitrogens with zero attached hydrogens (tertiary/aromatic N) is 3. The number of methoxy groups -OCH3 is 1. The van der Waals surface area contributed by atoms with Gasteiger partial charge in [-0.15, -0.1) is 0 Å². The van der Waals surface area contributed by atoms with Crippen molar-refractivity contribution in [1.29, 1.82) is 0 Å². The number of carbonyl (C=O) groups excluding carboxylic acids is 1. The summed E-state index contributed by atoms with van der Waals surface area (Å²) in [5, 5.41) is -0.331. The highest BCUT2D eigenvalue weighted by Crippen LogP contribution is 2.38. The third-order valence-corrected chi connectivity index (χ3v) is 7.86. The summed E-state index contributed by atoms with van der Waals surface area (Å²) in [7, 11) is -2.66. The predicted octanol–water partition coefficient (Wildman–Crippen LogP) is 4.04. The lowest BCUT2D eigenvalue weighted by molar-refractivity contribution is 0.0981. The van der Waals surface area contributed by atoms with Crippen molar-refractivity contribution >= 4 is 27.6 Å². The number of nitrogens with two attached hydrogens (primary N) is 1. The first-order chi connectivity index (χ1) is 17.4. The van der Waals surface area contributed by atoms with Gasteiger partial charge in [-0.25, -0.2) is 14.7 Å². The lowest BCUT2D eigenvalue weighted by atomic mass is 9.97. The highest BCUT2D eigenvalue weighted by molar-refractivity contribution is 7.90. The van der Waals surface area contributed by atoms with E-state index in [9.17, 15) is 13.2 Å². The Bertz CT molecular complexity index is 1420. The van der Waals surface area contributed by atoms with Crippen molar-refractivity contribution in [3.8, 4) is 16.9 Å². The third-order valence-electron chi connectivity index (χ3n) is 6.63. The number of nitrogen functional groups attached to an aromatic ring is 1. The van der Waals surface area contributed by atoms with Gasteiger partial charge in [0.2, 0.25) is 0 Å². The molecule has 1 saturated heterocycles. The maximum atomic E-state index is 13.6. The van der Waals surface area contributed by atoms with Crippen LogP contribution in [-0.2, 0) is 16.4 Å². The molecule has 37 heavy (non-hydrogen) atoms. The second-order valence-electron chi connectivity index (χ2n) is 10.1. The molecule has 4 rings (SSSR count). The average Bonchev–Trinajstić information content (AvgIpc) is 3.14. The Morgan fingerprint density at radius 3 is 2.59 bits per heavy atom. The molecule has 9 nitrogen and oxygen atoms in total. The van der Waals surface area contributed by atoms with Gasteiger partial charge in [0.15, 0.2) is 5.03 Å². The van der Waals surface area contributed by atoms with Crippen LogP contribution in [0.25, 0.3) is 11.1 Å². The molecule has 3 heterocycles. The topological polar surface area (TPSA) is 128 Å². The van der Waals surface area contributed by atoms with Crippen molar-refractivity contribution < 1.29 is 17.9 Å². The minimum absolute atomic E-state index is 0.0391. The number of ether oxygens (including phenoxy) is 1. The SMILES string of the molecule is CCc1cc(OC)cc(-c2cnc(N3CC(C)CC3(C)C)c(C(=O)NS(=O)(=O)c3cccc(N)n3)c2)c1. The molecule has 3 N–H and O–H groups in total. The maximum absolute atomic E-state index is 13.6. The van der Waals surface area contributed by atoms with Gasteiger partial charge in [-0.3, -0.25) is 4.79 Å². The van der Waals surface area contributed by atoms with Gasteiger partial charge in [0.1, 0.15) is 17.4 Å². The quantitative estimate of drug-likeness (QED) is 0.475. The van der Waals surface area contributed by atoms with E-state index in [0.29, 0.717) is 29.6 Å². The van der Waals surface area contributed by atoms with Gasteiger partial charge >= 0.3 is 0 Å². The van der Waals surface area contributed by atoms with Crippen molar-refractivity contribution in [3.63, 3.8) is 0 Å². The van der Waals surface area contributed by atoms with E-state index >= 15 is 0 Å². The second kappa shape index (κ2) is 10.0. The fraction of sp³-hybridized carbons (Fsp3) is 0.370. The number of pyridine rings is 2. The van der Waals surface area contributed by atoms with Gasteiger partial charge < -0.3 is 15.4 Å². The van der Waals surface area contributed by atoms with E-state index in [1.165, 1.54) is 18.2 Å². The Morgan fingerprint density at radius 1 is 1.22 bits per heavy atom. The molecule has 1 atom stereocenters. The number of aromatic nitrogens is 2. The Labute approximate surface area is 218 Å². The average molecular weight is 524 g/mol. The molecule has 0 saturated carbocycles. The number of anilines is 2. The molecule has 2 aromatic heterocycles. The number of carbonyl (C=O) groups is 1. The summed E-state index contributed by atoms with van der Waals surface area (Å²) in [5.74, 6) is 0.761. The molecule has 1 amide bonds. The molecule has 0 radical (unpaired) electrons. The normalized spacial score (nSPS) is 17.0. The molecule has 3 aromatic rings. The minimum Gasteiger partial charge on any atom is -0.497 e. The molecule has 1 unspecified atom stereocenters. The fourth-order valence-electron chi connectivity index (χ4n) is 4.92. The maximum Gasteiger partial charge on any atom is 0.281 e. The molecule has 0 spiro atoms. The standard InChI is InChI=1S/C27H33N5O4S/c1-6-18-10-19(12-21(11-18)36-5)20-13-22(25(29-15-20)32-16-17(2)14-27(32,3)4)26(33)31-37(34,35)24-9-7-8-23(28)30-24/h7-13,15,17H,6,14,16H2,1-5H3,(H2,28,30)(H,31,33). The third kappa shape index (κ3) is 5.53. The summed E-state index contributed by atoms with van der Waals surface area (Å²) in [5.41, 5.74) is 8.12. The fourth-order valence-corrected chi connectivity index (χ4v) is 5.86. The number of hydrogen-bond acceptors (Lipinski definition) is 8. The van der Waals surface area contributed by atoms with Crippen LogP contribution in [0.15, 0.2) is 53.7 Å². The van der Waals surface area contributed by atoms with E-state index in [1.807, 2.05) is 25.1 Å². The zero-order valence-corrected chi connectivity index (χ0v) is 22.6. The first kappa shape index (κ1) is 26.4. The summed E-state index contributed by atoms with van der Waals surface area (Å²) in [4.78, 5) is 24.2. The first-order valence-corrected chi connectivity index (χ1v) is 13.7. The number of nitrogens with one attached hydrogen (secondary N) is 1. The summed E-state index contributed by atoms with van der Waals surface area (Å²) in [6, 6.07) is 11.8. The van der Waals surface area contributed by atoms with E-state index in [2.05, 4.69) is 35.4 Å². The number of aryl methyl sites for hydroxylation is 1. The number of amides is 1. The summed E-state index contributed by atoms with van der Waals surface area (Å²) < 4.78 is 33.6. The molecule has 10 heteroatoms. The van der Waals surface area contributed by atoms with E-state index < -0.39 is 15.9 Å². The number of benzene rings is 1. The predicted molar refractivity (Wildman–Crippen MR) is 144 cm³/mol. The van der Waals surface area contributed by atoms with Crippen LogP contribution in [0.2, 0.25) is 0 Å². The zero-order chi connectivity index (χ0) is 27.0. The van der Waals surface area contributed by atoms with E-state index in [0.717, 1.165) is 24.0 Å².